The van der Waals surface area contributed by atoms with Crippen LogP contribution in [0.2, 0.25) is 0 Å². The lowest BCUT2D eigenvalue weighted by Crippen LogP contribution is -2.24. The monoisotopic (exact) mass is 173 g/mol. The van der Waals surface area contributed by atoms with Gasteiger partial charge in [0.05, 0.1) is 0 Å². The molecule has 0 aromatic heterocycles. The Kier molecular flexibility index (Phi) is 4.31. The van der Waals surface area contributed by atoms with Crippen molar-refractivity contribution in [1.29, 1.82) is 0 Å². The smallest absolute Gasteiger partial charge is 0.0144 e. The molecule has 66 valence electrons. The van der Waals surface area contributed by atoms with Gasteiger partial charge in [-0.3, -0.25) is 0 Å². The molecule has 1 aliphatic rings. The Morgan fingerprint density at radius 2 is 2.27 bits per heavy atom. The number of rotatable bonds is 6. The zero-order valence-corrected chi connectivity index (χ0v) is 8.41. The van der Waals surface area contributed by atoms with E-state index in [2.05, 4.69) is 30.9 Å². The molecule has 0 bridgehead atoms. The molecule has 1 saturated carbocycles. The predicted octanol–water partition coefficient (Wildman–Crippen LogP) is 2.27. The molecule has 0 amide bonds. The third-order valence-electron chi connectivity index (χ3n) is 1.88. The summed E-state index contributed by atoms with van der Waals surface area (Å²) in [5, 5.41) is 4.35. The molecule has 1 atom stereocenters. The largest absolute Gasteiger partial charge is 0.313 e. The zero-order valence-electron chi connectivity index (χ0n) is 7.60. The second-order valence-corrected chi connectivity index (χ2v) is 4.91. The van der Waals surface area contributed by atoms with Gasteiger partial charge < -0.3 is 5.32 Å². The summed E-state index contributed by atoms with van der Waals surface area (Å²) in [5.41, 5.74) is 0. The highest BCUT2D eigenvalue weighted by atomic mass is 32.2. The fourth-order valence-corrected chi connectivity index (χ4v) is 1.85. The normalized spacial score (nSPS) is 20.2. The highest BCUT2D eigenvalue weighted by molar-refractivity contribution is 7.99. The minimum Gasteiger partial charge on any atom is -0.313 e. The van der Waals surface area contributed by atoms with Gasteiger partial charge in [-0.15, -0.1) is 0 Å². The molecule has 2 heteroatoms. The number of hydrogen-bond acceptors (Lipinski definition) is 2. The summed E-state index contributed by atoms with van der Waals surface area (Å²) < 4.78 is 0. The Morgan fingerprint density at radius 1 is 1.55 bits per heavy atom. The molecule has 11 heavy (non-hydrogen) atoms. The topological polar surface area (TPSA) is 12.0 Å². The number of hydrogen-bond donors (Lipinski definition) is 1. The van der Waals surface area contributed by atoms with Gasteiger partial charge in [0.1, 0.15) is 0 Å². The Morgan fingerprint density at radius 3 is 2.82 bits per heavy atom. The third-order valence-corrected chi connectivity index (χ3v) is 3.26. The van der Waals surface area contributed by atoms with Gasteiger partial charge in [-0.2, -0.15) is 11.8 Å². The van der Waals surface area contributed by atoms with E-state index in [9.17, 15) is 0 Å². The van der Waals surface area contributed by atoms with Crippen molar-refractivity contribution >= 4 is 11.8 Å². The third kappa shape index (κ3) is 4.70. The van der Waals surface area contributed by atoms with Crippen molar-refractivity contribution in [2.75, 3.05) is 12.3 Å². The Bertz CT molecular complexity index is 102. The standard InChI is InChI=1S/C9H19NS/c1-3-6-11-8(2)7-10-9-4-5-9/h8-10H,3-7H2,1-2H3. The van der Waals surface area contributed by atoms with Crippen LogP contribution in [0.1, 0.15) is 33.1 Å². The quantitative estimate of drug-likeness (QED) is 0.661. The van der Waals surface area contributed by atoms with Crippen molar-refractivity contribution in [3.05, 3.63) is 0 Å². The van der Waals surface area contributed by atoms with Gasteiger partial charge in [0, 0.05) is 17.8 Å². The van der Waals surface area contributed by atoms with E-state index in [1.165, 1.54) is 31.6 Å². The second kappa shape index (κ2) is 5.04. The van der Waals surface area contributed by atoms with Crippen molar-refractivity contribution in [2.24, 2.45) is 0 Å². The first-order valence-electron chi connectivity index (χ1n) is 4.68. The van der Waals surface area contributed by atoms with Crippen LogP contribution >= 0.6 is 11.8 Å². The van der Waals surface area contributed by atoms with Crippen LogP contribution in [-0.2, 0) is 0 Å². The van der Waals surface area contributed by atoms with E-state index >= 15 is 0 Å². The zero-order chi connectivity index (χ0) is 8.10. The van der Waals surface area contributed by atoms with Crippen molar-refractivity contribution < 1.29 is 0 Å². The van der Waals surface area contributed by atoms with Crippen molar-refractivity contribution in [1.82, 2.24) is 5.32 Å². The fraction of sp³-hybridized carbons (Fsp3) is 1.00. The summed E-state index contributed by atoms with van der Waals surface area (Å²) in [6.07, 6.45) is 4.12. The van der Waals surface area contributed by atoms with Gasteiger partial charge in [-0.1, -0.05) is 13.8 Å². The van der Waals surface area contributed by atoms with E-state index in [1.54, 1.807) is 0 Å². The van der Waals surface area contributed by atoms with Crippen LogP contribution in [0.4, 0.5) is 0 Å². The molecule has 1 nitrogen and oxygen atoms in total. The average Bonchev–Trinajstić information content (AvgIpc) is 2.80. The SMILES string of the molecule is CCCSC(C)CNC1CC1. The average molecular weight is 173 g/mol. The molecule has 0 aromatic carbocycles. The van der Waals surface area contributed by atoms with Crippen LogP contribution < -0.4 is 5.32 Å². The Hall–Kier alpha value is 0.310. The van der Waals surface area contributed by atoms with Crippen LogP contribution in [0.25, 0.3) is 0 Å². The highest BCUT2D eigenvalue weighted by Crippen LogP contribution is 2.19. The maximum atomic E-state index is 3.54. The second-order valence-electron chi connectivity index (χ2n) is 3.36. The van der Waals surface area contributed by atoms with E-state index in [0.29, 0.717) is 0 Å². The molecule has 0 aromatic rings. The minimum absolute atomic E-state index is 0.801. The van der Waals surface area contributed by atoms with E-state index in [-0.39, 0.29) is 0 Å². The molecule has 1 fully saturated rings. The Labute approximate surface area is 74.3 Å². The molecular formula is C9H19NS. The molecule has 0 radical (unpaired) electrons. The van der Waals surface area contributed by atoms with Gasteiger partial charge in [-0.25, -0.2) is 0 Å². The van der Waals surface area contributed by atoms with Crippen molar-refractivity contribution in [3.8, 4) is 0 Å². The summed E-state index contributed by atoms with van der Waals surface area (Å²) in [7, 11) is 0. The molecule has 1 rings (SSSR count). The first-order chi connectivity index (χ1) is 5.33. The molecule has 0 saturated heterocycles. The summed E-state index contributed by atoms with van der Waals surface area (Å²) in [6, 6.07) is 0.875. The van der Waals surface area contributed by atoms with E-state index < -0.39 is 0 Å². The summed E-state index contributed by atoms with van der Waals surface area (Å²) in [5.74, 6) is 1.31. The Balaban J connectivity index is 1.87. The van der Waals surface area contributed by atoms with Crippen molar-refractivity contribution in [2.45, 2.75) is 44.4 Å². The maximum absolute atomic E-state index is 3.54. The molecule has 1 N–H and O–H groups in total. The first-order valence-corrected chi connectivity index (χ1v) is 5.72. The lowest BCUT2D eigenvalue weighted by molar-refractivity contribution is 0.679. The van der Waals surface area contributed by atoms with Crippen LogP contribution in [0.15, 0.2) is 0 Å². The molecule has 0 heterocycles. The van der Waals surface area contributed by atoms with E-state index in [1.807, 2.05) is 0 Å². The molecular weight excluding hydrogens is 154 g/mol. The van der Waals surface area contributed by atoms with Gasteiger partial charge in [0.25, 0.3) is 0 Å². The molecule has 0 spiro atoms. The van der Waals surface area contributed by atoms with Gasteiger partial charge >= 0.3 is 0 Å². The molecule has 1 aliphatic carbocycles. The molecule has 1 unspecified atom stereocenters. The predicted molar refractivity (Wildman–Crippen MR) is 53.2 cm³/mol. The van der Waals surface area contributed by atoms with Crippen molar-refractivity contribution in [3.63, 3.8) is 0 Å². The van der Waals surface area contributed by atoms with Crippen LogP contribution in [0, 0.1) is 0 Å². The van der Waals surface area contributed by atoms with Gasteiger partial charge in [0.2, 0.25) is 0 Å². The maximum Gasteiger partial charge on any atom is 0.0144 e. The van der Waals surface area contributed by atoms with Gasteiger partial charge in [-0.05, 0) is 25.0 Å². The first kappa shape index (κ1) is 9.40. The summed E-state index contributed by atoms with van der Waals surface area (Å²) >= 11 is 2.08. The van der Waals surface area contributed by atoms with E-state index in [4.69, 9.17) is 0 Å². The minimum atomic E-state index is 0.801. The van der Waals surface area contributed by atoms with Crippen LogP contribution in [-0.4, -0.2) is 23.6 Å². The van der Waals surface area contributed by atoms with Crippen LogP contribution in [0.3, 0.4) is 0 Å². The summed E-state index contributed by atoms with van der Waals surface area (Å²) in [4.78, 5) is 0. The lowest BCUT2D eigenvalue weighted by atomic mass is 10.4. The van der Waals surface area contributed by atoms with E-state index in [0.717, 1.165) is 11.3 Å². The van der Waals surface area contributed by atoms with Crippen LogP contribution in [0.5, 0.6) is 0 Å². The van der Waals surface area contributed by atoms with Gasteiger partial charge in [0.15, 0.2) is 0 Å². The summed E-state index contributed by atoms with van der Waals surface area (Å²) in [6.45, 7) is 5.76. The lowest BCUT2D eigenvalue weighted by Gasteiger charge is -2.10. The number of nitrogens with one attached hydrogen (secondary N) is 1. The molecule has 0 aliphatic heterocycles. The number of thioether (sulfide) groups is 1. The highest BCUT2D eigenvalue weighted by Gasteiger charge is 2.20. The fourth-order valence-electron chi connectivity index (χ4n) is 0.998.